The van der Waals surface area contributed by atoms with Crippen LogP contribution in [-0.2, 0) is 9.57 Å². The van der Waals surface area contributed by atoms with E-state index in [1.807, 2.05) is 13.8 Å². The molecule has 1 saturated heterocycles. The van der Waals surface area contributed by atoms with Crippen LogP contribution in [0.3, 0.4) is 0 Å². The lowest BCUT2D eigenvalue weighted by atomic mass is 10.0. The molecule has 1 fully saturated rings. The van der Waals surface area contributed by atoms with Crippen LogP contribution in [0, 0.1) is 5.92 Å². The number of ether oxygens (including phenoxy) is 1. The first kappa shape index (κ1) is 17.0. The average molecular weight is 338 g/mol. The van der Waals surface area contributed by atoms with Crippen LogP contribution in [-0.4, -0.2) is 60.5 Å². The zero-order chi connectivity index (χ0) is 17.4. The second-order valence-corrected chi connectivity index (χ2v) is 6.15. The zero-order valence-corrected chi connectivity index (χ0v) is 13.8. The van der Waals surface area contributed by atoms with Gasteiger partial charge in [-0.2, -0.15) is 0 Å². The number of aliphatic hydroxyl groups is 2. The quantitative estimate of drug-likeness (QED) is 0.696. The smallest absolute Gasteiger partial charge is 0.178 e. The Morgan fingerprint density at radius 2 is 2.04 bits per heavy atom. The monoisotopic (exact) mass is 338 g/mol. The number of nitrogens with two attached hydrogens (primary N) is 1. The molecule has 2 aromatic rings. The second kappa shape index (κ2) is 6.57. The van der Waals surface area contributed by atoms with Crippen LogP contribution < -0.4 is 5.73 Å². The molecule has 10 nitrogen and oxygen atoms in total. The Balaban J connectivity index is 1.99. The number of nitrogen functional groups attached to an aromatic ring is 1. The molecule has 0 radical (unpaired) electrons. The molecule has 3 unspecified atom stereocenters. The lowest BCUT2D eigenvalue weighted by molar-refractivity contribution is -0.382. The maximum Gasteiger partial charge on any atom is 0.178 e. The number of imidazole rings is 1. The van der Waals surface area contributed by atoms with E-state index in [0.717, 1.165) is 5.06 Å². The van der Waals surface area contributed by atoms with Gasteiger partial charge in [-0.1, -0.05) is 13.8 Å². The van der Waals surface area contributed by atoms with Crippen molar-refractivity contribution in [1.82, 2.24) is 24.6 Å². The molecule has 3 rings (SSSR count). The fourth-order valence-electron chi connectivity index (χ4n) is 2.89. The van der Waals surface area contributed by atoms with Crippen molar-refractivity contribution in [1.29, 1.82) is 0 Å². The molecule has 4 atom stereocenters. The molecule has 3 heterocycles. The number of hydroxylamine groups is 2. The van der Waals surface area contributed by atoms with Gasteiger partial charge in [-0.3, -0.25) is 9.40 Å². The van der Waals surface area contributed by atoms with Crippen molar-refractivity contribution < 1.29 is 19.8 Å². The number of hydrogen-bond donors (Lipinski definition) is 3. The van der Waals surface area contributed by atoms with Gasteiger partial charge in [-0.25, -0.2) is 15.0 Å². The molecular formula is C14H22N6O4. The summed E-state index contributed by atoms with van der Waals surface area (Å²) in [6.45, 7) is 4.04. The third-order valence-corrected chi connectivity index (χ3v) is 4.00. The topological polar surface area (TPSA) is 132 Å². The average Bonchev–Trinajstić information content (AvgIpc) is 2.95. The van der Waals surface area contributed by atoms with Crippen molar-refractivity contribution in [2.45, 2.75) is 45.1 Å². The number of rotatable bonds is 4. The molecule has 0 amide bonds. The van der Waals surface area contributed by atoms with Crippen molar-refractivity contribution in [2.24, 2.45) is 5.92 Å². The Labute approximate surface area is 138 Å². The molecule has 132 valence electrons. The Bertz CT molecular complexity index is 708. The molecule has 10 heteroatoms. The number of aromatic nitrogens is 4. The van der Waals surface area contributed by atoms with Gasteiger partial charge in [0.1, 0.15) is 17.9 Å². The summed E-state index contributed by atoms with van der Waals surface area (Å²) in [4.78, 5) is 17.4. The largest absolute Gasteiger partial charge is 0.382 e. The van der Waals surface area contributed by atoms with Gasteiger partial charge in [0.05, 0.1) is 13.4 Å². The second-order valence-electron chi connectivity index (χ2n) is 6.15. The van der Waals surface area contributed by atoms with Crippen LogP contribution >= 0.6 is 0 Å². The molecule has 0 saturated carbocycles. The molecular weight excluding hydrogens is 316 g/mol. The van der Waals surface area contributed by atoms with Gasteiger partial charge in [0.2, 0.25) is 0 Å². The highest BCUT2D eigenvalue weighted by molar-refractivity contribution is 5.81. The van der Waals surface area contributed by atoms with Crippen LogP contribution in [0.4, 0.5) is 5.82 Å². The summed E-state index contributed by atoms with van der Waals surface area (Å²) in [5.41, 5.74) is 6.65. The summed E-state index contributed by atoms with van der Waals surface area (Å²) < 4.78 is 7.51. The maximum atomic E-state index is 10.5. The van der Waals surface area contributed by atoms with Crippen LogP contribution in [0.25, 0.3) is 11.2 Å². The molecule has 2 aromatic heterocycles. The first-order chi connectivity index (χ1) is 11.4. The normalized spacial score (nSPS) is 28.8. The Kier molecular flexibility index (Phi) is 4.65. The van der Waals surface area contributed by atoms with E-state index < -0.39 is 24.8 Å². The van der Waals surface area contributed by atoms with Gasteiger partial charge < -0.3 is 20.7 Å². The standard InChI is InChI=1S/C14H22N6O4/c1-7(2)4-8-12(21)20(23-3)13(22)14(24-8)19-6-18-9-10(15)16-5-17-11(9)19/h5-8,12-14,21-22H,4H2,1-3H3,(H2,15,16,17)/t8?,12?,13?,14-/m1/s1. The Hall–Kier alpha value is -1.85. The lowest BCUT2D eigenvalue weighted by Gasteiger charge is -2.44. The third kappa shape index (κ3) is 2.82. The zero-order valence-electron chi connectivity index (χ0n) is 13.8. The highest BCUT2D eigenvalue weighted by Gasteiger charge is 2.44. The molecule has 4 N–H and O–H groups in total. The molecule has 1 aliphatic rings. The van der Waals surface area contributed by atoms with E-state index in [2.05, 4.69) is 15.0 Å². The molecule has 0 aliphatic carbocycles. The number of morpholine rings is 1. The van der Waals surface area contributed by atoms with Gasteiger partial charge in [-0.15, -0.1) is 5.06 Å². The third-order valence-electron chi connectivity index (χ3n) is 4.00. The van der Waals surface area contributed by atoms with Gasteiger partial charge in [0, 0.05) is 0 Å². The van der Waals surface area contributed by atoms with E-state index in [4.69, 9.17) is 15.3 Å². The minimum Gasteiger partial charge on any atom is -0.382 e. The first-order valence-corrected chi connectivity index (χ1v) is 7.71. The summed E-state index contributed by atoms with van der Waals surface area (Å²) in [6, 6.07) is 0. The van der Waals surface area contributed by atoms with Crippen molar-refractivity contribution in [2.75, 3.05) is 12.8 Å². The number of aliphatic hydroxyl groups excluding tert-OH is 2. The molecule has 1 aliphatic heterocycles. The van der Waals surface area contributed by atoms with Crippen LogP contribution in [0.15, 0.2) is 12.7 Å². The van der Waals surface area contributed by atoms with E-state index in [9.17, 15) is 10.2 Å². The highest BCUT2D eigenvalue weighted by atomic mass is 16.7. The van der Waals surface area contributed by atoms with Gasteiger partial charge in [0.15, 0.2) is 30.1 Å². The van der Waals surface area contributed by atoms with E-state index in [1.54, 1.807) is 4.57 Å². The van der Waals surface area contributed by atoms with Crippen LogP contribution in [0.1, 0.15) is 26.5 Å². The van der Waals surface area contributed by atoms with Gasteiger partial charge in [-0.05, 0) is 12.3 Å². The SMILES string of the molecule is CON1C(O)C(CC(C)C)O[C@@H](n2cnc3c(N)ncnc32)C1O. The van der Waals surface area contributed by atoms with E-state index in [1.165, 1.54) is 19.8 Å². The summed E-state index contributed by atoms with van der Waals surface area (Å²) in [6.07, 6.45) is -0.360. The van der Waals surface area contributed by atoms with Crippen molar-refractivity contribution in [3.63, 3.8) is 0 Å². The van der Waals surface area contributed by atoms with Crippen molar-refractivity contribution in [3.05, 3.63) is 12.7 Å². The molecule has 0 spiro atoms. The molecule has 24 heavy (non-hydrogen) atoms. The number of fused-ring (bicyclic) bond motifs is 1. The van der Waals surface area contributed by atoms with E-state index in [0.29, 0.717) is 17.6 Å². The Morgan fingerprint density at radius 1 is 1.29 bits per heavy atom. The number of anilines is 1. The Morgan fingerprint density at radius 3 is 2.71 bits per heavy atom. The lowest BCUT2D eigenvalue weighted by Crippen LogP contribution is -2.58. The number of nitrogens with zero attached hydrogens (tertiary/aromatic N) is 5. The molecule has 0 bridgehead atoms. The summed E-state index contributed by atoms with van der Waals surface area (Å²) in [7, 11) is 1.38. The summed E-state index contributed by atoms with van der Waals surface area (Å²) >= 11 is 0. The molecule has 0 aromatic carbocycles. The van der Waals surface area contributed by atoms with Crippen LogP contribution in [0.2, 0.25) is 0 Å². The predicted octanol–water partition coefficient (Wildman–Crippen LogP) is -0.148. The maximum absolute atomic E-state index is 10.5. The summed E-state index contributed by atoms with van der Waals surface area (Å²) in [5, 5.41) is 22.0. The van der Waals surface area contributed by atoms with Gasteiger partial charge >= 0.3 is 0 Å². The van der Waals surface area contributed by atoms with Gasteiger partial charge in [0.25, 0.3) is 0 Å². The fraction of sp³-hybridized carbons (Fsp3) is 0.643. The fourth-order valence-corrected chi connectivity index (χ4v) is 2.89. The highest BCUT2D eigenvalue weighted by Crippen LogP contribution is 2.33. The predicted molar refractivity (Wildman–Crippen MR) is 84.0 cm³/mol. The number of hydrogen-bond acceptors (Lipinski definition) is 9. The minimum atomic E-state index is -1.25. The van der Waals surface area contributed by atoms with Crippen LogP contribution in [0.5, 0.6) is 0 Å². The van der Waals surface area contributed by atoms with E-state index in [-0.39, 0.29) is 11.7 Å². The minimum absolute atomic E-state index is 0.242. The van der Waals surface area contributed by atoms with Crippen molar-refractivity contribution in [3.8, 4) is 0 Å². The first-order valence-electron chi connectivity index (χ1n) is 7.71. The van der Waals surface area contributed by atoms with Crippen molar-refractivity contribution >= 4 is 17.0 Å². The van der Waals surface area contributed by atoms with E-state index >= 15 is 0 Å². The summed E-state index contributed by atoms with van der Waals surface area (Å²) in [5.74, 6) is 0.531.